The zero-order valence-electron chi connectivity index (χ0n) is 8.55. The molecule has 0 aliphatic rings. The van der Waals surface area contributed by atoms with Crippen molar-refractivity contribution < 1.29 is 14.3 Å². The molecule has 82 valence electrons. The van der Waals surface area contributed by atoms with Gasteiger partial charge in [-0.3, -0.25) is 4.79 Å². The summed E-state index contributed by atoms with van der Waals surface area (Å²) in [6.45, 7) is 3.41. The third kappa shape index (κ3) is 2.78. The van der Waals surface area contributed by atoms with Crippen molar-refractivity contribution in [1.82, 2.24) is 0 Å². The maximum Gasteiger partial charge on any atom is 0.306 e. The maximum absolute atomic E-state index is 13.1. The first kappa shape index (κ1) is 12.2. The van der Waals surface area contributed by atoms with Gasteiger partial charge in [0.05, 0.1) is 10.4 Å². The molecule has 1 rings (SSSR count). The Kier molecular flexibility index (Phi) is 3.85. The fourth-order valence-electron chi connectivity index (χ4n) is 1.33. The Morgan fingerprint density at radius 1 is 1.60 bits per heavy atom. The van der Waals surface area contributed by atoms with Crippen molar-refractivity contribution in [2.24, 2.45) is 5.92 Å². The molecule has 0 bridgehead atoms. The highest BCUT2D eigenvalue weighted by atomic mass is 79.9. The largest absolute Gasteiger partial charge is 0.481 e. The molecular weight excluding hydrogens is 263 g/mol. The quantitative estimate of drug-likeness (QED) is 0.920. The van der Waals surface area contributed by atoms with Gasteiger partial charge in [-0.15, -0.1) is 0 Å². The zero-order valence-corrected chi connectivity index (χ0v) is 10.1. The molecule has 15 heavy (non-hydrogen) atoms. The van der Waals surface area contributed by atoms with Crippen molar-refractivity contribution in [3.05, 3.63) is 33.5 Å². The first-order chi connectivity index (χ1) is 6.93. The number of carboxylic acid groups (broad SMARTS) is 1. The van der Waals surface area contributed by atoms with Gasteiger partial charge in [-0.2, -0.15) is 0 Å². The minimum absolute atomic E-state index is 0.320. The van der Waals surface area contributed by atoms with Gasteiger partial charge in [0.1, 0.15) is 5.82 Å². The van der Waals surface area contributed by atoms with Gasteiger partial charge in [0, 0.05) is 0 Å². The normalized spacial score (nSPS) is 12.5. The van der Waals surface area contributed by atoms with Gasteiger partial charge in [-0.25, -0.2) is 4.39 Å². The molecule has 0 aliphatic heterocycles. The minimum atomic E-state index is -0.838. The molecule has 1 unspecified atom stereocenters. The number of carboxylic acids is 1. The smallest absolute Gasteiger partial charge is 0.306 e. The van der Waals surface area contributed by atoms with E-state index in [-0.39, 0.29) is 5.82 Å². The maximum atomic E-state index is 13.1. The van der Waals surface area contributed by atoms with Gasteiger partial charge in [-0.1, -0.05) is 13.0 Å². The molecule has 0 saturated carbocycles. The molecule has 1 aromatic carbocycles. The SMILES string of the molecule is Cc1c(CC(C)C(=O)O)ccc(F)c1Br. The van der Waals surface area contributed by atoms with Gasteiger partial charge in [0.15, 0.2) is 0 Å². The molecule has 2 nitrogen and oxygen atoms in total. The number of hydrogen-bond acceptors (Lipinski definition) is 1. The van der Waals surface area contributed by atoms with Gasteiger partial charge >= 0.3 is 5.97 Å². The fraction of sp³-hybridized carbons (Fsp3) is 0.364. The van der Waals surface area contributed by atoms with Gasteiger partial charge in [0.25, 0.3) is 0 Å². The van der Waals surface area contributed by atoms with Crippen LogP contribution in [0, 0.1) is 18.7 Å². The summed E-state index contributed by atoms with van der Waals surface area (Å²) in [5.74, 6) is -1.62. The van der Waals surface area contributed by atoms with E-state index in [9.17, 15) is 9.18 Å². The van der Waals surface area contributed by atoms with Crippen LogP contribution in [-0.4, -0.2) is 11.1 Å². The summed E-state index contributed by atoms with van der Waals surface area (Å²) in [7, 11) is 0. The van der Waals surface area contributed by atoms with E-state index in [0.29, 0.717) is 10.9 Å². The molecule has 4 heteroatoms. The lowest BCUT2D eigenvalue weighted by Crippen LogP contribution is -2.13. The number of hydrogen-bond donors (Lipinski definition) is 1. The Labute approximate surface area is 96.2 Å². The first-order valence-electron chi connectivity index (χ1n) is 4.59. The Hall–Kier alpha value is -0.900. The summed E-state index contributed by atoms with van der Waals surface area (Å²) >= 11 is 3.13. The third-order valence-electron chi connectivity index (χ3n) is 2.40. The van der Waals surface area contributed by atoms with Crippen LogP contribution in [0.15, 0.2) is 16.6 Å². The molecule has 0 heterocycles. The Morgan fingerprint density at radius 3 is 2.73 bits per heavy atom. The summed E-state index contributed by atoms with van der Waals surface area (Å²) in [4.78, 5) is 10.7. The van der Waals surface area contributed by atoms with Crippen LogP contribution in [0.25, 0.3) is 0 Å². The average Bonchev–Trinajstić information content (AvgIpc) is 2.18. The van der Waals surface area contributed by atoms with Crippen LogP contribution >= 0.6 is 15.9 Å². The van der Waals surface area contributed by atoms with Crippen molar-refractivity contribution in [3.8, 4) is 0 Å². The van der Waals surface area contributed by atoms with Crippen molar-refractivity contribution in [1.29, 1.82) is 0 Å². The van der Waals surface area contributed by atoms with E-state index in [2.05, 4.69) is 15.9 Å². The third-order valence-corrected chi connectivity index (χ3v) is 3.37. The van der Waals surface area contributed by atoms with Crippen LogP contribution in [-0.2, 0) is 11.2 Å². The Bertz CT molecular complexity index is 390. The predicted octanol–water partition coefficient (Wildman–Crippen LogP) is 3.16. The highest BCUT2D eigenvalue weighted by Crippen LogP contribution is 2.25. The first-order valence-corrected chi connectivity index (χ1v) is 5.39. The Morgan fingerprint density at radius 2 is 2.20 bits per heavy atom. The van der Waals surface area contributed by atoms with Crippen LogP contribution in [0.5, 0.6) is 0 Å². The number of halogens is 2. The fourth-order valence-corrected chi connectivity index (χ4v) is 1.72. The molecular formula is C11H12BrFO2. The predicted molar refractivity (Wildman–Crippen MR) is 59.3 cm³/mol. The molecule has 1 N–H and O–H groups in total. The standard InChI is InChI=1S/C11H12BrFO2/c1-6(11(14)15)5-8-3-4-9(13)10(12)7(8)2/h3-4,6H,5H2,1-2H3,(H,14,15). The summed E-state index contributed by atoms with van der Waals surface area (Å²) in [6.07, 6.45) is 0.417. The molecule has 1 atom stereocenters. The lowest BCUT2D eigenvalue weighted by atomic mass is 9.97. The number of benzene rings is 1. The molecule has 0 saturated heterocycles. The highest BCUT2D eigenvalue weighted by Gasteiger charge is 2.15. The molecule has 0 aromatic heterocycles. The van der Waals surface area contributed by atoms with E-state index >= 15 is 0 Å². The number of aliphatic carboxylic acids is 1. The van der Waals surface area contributed by atoms with Crippen LogP contribution in [0.4, 0.5) is 4.39 Å². The van der Waals surface area contributed by atoms with Crippen LogP contribution < -0.4 is 0 Å². The minimum Gasteiger partial charge on any atom is -0.481 e. The van der Waals surface area contributed by atoms with E-state index < -0.39 is 11.9 Å². The lowest BCUT2D eigenvalue weighted by Gasteiger charge is -2.10. The van der Waals surface area contributed by atoms with E-state index in [4.69, 9.17) is 5.11 Å². The molecule has 0 radical (unpaired) electrons. The van der Waals surface area contributed by atoms with Crippen LogP contribution in [0.1, 0.15) is 18.1 Å². The summed E-state index contributed by atoms with van der Waals surface area (Å²) in [5.41, 5.74) is 1.63. The number of carbonyl (C=O) groups is 1. The van der Waals surface area contributed by atoms with E-state index in [0.717, 1.165) is 11.1 Å². The molecule has 0 fully saturated rings. The second kappa shape index (κ2) is 4.75. The Balaban J connectivity index is 2.97. The van der Waals surface area contributed by atoms with Gasteiger partial charge < -0.3 is 5.11 Å². The van der Waals surface area contributed by atoms with Crippen molar-refractivity contribution >= 4 is 21.9 Å². The van der Waals surface area contributed by atoms with Crippen molar-refractivity contribution in [2.75, 3.05) is 0 Å². The van der Waals surface area contributed by atoms with Gasteiger partial charge in [0.2, 0.25) is 0 Å². The second-order valence-corrected chi connectivity index (χ2v) is 4.38. The summed E-state index contributed by atoms with van der Waals surface area (Å²) < 4.78 is 13.5. The van der Waals surface area contributed by atoms with E-state index in [1.54, 1.807) is 19.9 Å². The van der Waals surface area contributed by atoms with E-state index in [1.807, 2.05) is 0 Å². The lowest BCUT2D eigenvalue weighted by molar-refractivity contribution is -0.141. The number of rotatable bonds is 3. The van der Waals surface area contributed by atoms with Crippen molar-refractivity contribution in [2.45, 2.75) is 20.3 Å². The molecule has 0 amide bonds. The highest BCUT2D eigenvalue weighted by molar-refractivity contribution is 9.10. The second-order valence-electron chi connectivity index (χ2n) is 3.59. The topological polar surface area (TPSA) is 37.3 Å². The summed E-state index contributed by atoms with van der Waals surface area (Å²) in [5, 5.41) is 8.77. The average molecular weight is 275 g/mol. The van der Waals surface area contributed by atoms with Crippen LogP contribution in [0.2, 0.25) is 0 Å². The molecule has 0 aliphatic carbocycles. The summed E-state index contributed by atoms with van der Waals surface area (Å²) in [6, 6.07) is 2.98. The van der Waals surface area contributed by atoms with Crippen LogP contribution in [0.3, 0.4) is 0 Å². The monoisotopic (exact) mass is 274 g/mol. The van der Waals surface area contributed by atoms with Crippen molar-refractivity contribution in [3.63, 3.8) is 0 Å². The molecule has 0 spiro atoms. The molecule has 1 aromatic rings. The zero-order chi connectivity index (χ0) is 11.6. The van der Waals surface area contributed by atoms with Gasteiger partial charge in [-0.05, 0) is 46.5 Å². The van der Waals surface area contributed by atoms with E-state index in [1.165, 1.54) is 6.07 Å².